The molecule has 0 saturated carbocycles. The third-order valence-electron chi connectivity index (χ3n) is 7.25. The molecule has 0 aliphatic carbocycles. The Hall–Kier alpha value is -3.97. The van der Waals surface area contributed by atoms with Crippen molar-refractivity contribution >= 4 is 22.8 Å². The lowest BCUT2D eigenvalue weighted by Gasteiger charge is -2.32. The molecule has 0 bridgehead atoms. The normalized spacial score (nSPS) is 16.2. The number of amides is 2. The SMILES string of the molecule is CCN1CC(NC(=O)c2ccc3nc(C(O)(c4ccccc4)c4ccccc4)n(CC)c3c2)CCC1=O. The number of nitrogens with one attached hydrogen (secondary N) is 1. The lowest BCUT2D eigenvalue weighted by Crippen LogP contribution is -2.49. The highest BCUT2D eigenvalue weighted by Gasteiger charge is 2.39. The molecule has 4 aromatic rings. The first-order chi connectivity index (χ1) is 18.0. The number of likely N-dealkylation sites (N-methyl/N-ethyl adjacent to an activating group) is 1. The van der Waals surface area contributed by atoms with Crippen LogP contribution in [0, 0.1) is 0 Å². The molecule has 7 heteroatoms. The van der Waals surface area contributed by atoms with E-state index in [1.54, 1.807) is 11.0 Å². The zero-order valence-corrected chi connectivity index (χ0v) is 21.2. The van der Waals surface area contributed by atoms with Gasteiger partial charge in [0.05, 0.1) is 11.0 Å². The van der Waals surface area contributed by atoms with Crippen LogP contribution in [0.15, 0.2) is 78.9 Å². The van der Waals surface area contributed by atoms with Crippen molar-refractivity contribution in [3.63, 3.8) is 0 Å². The molecule has 2 amide bonds. The third kappa shape index (κ3) is 4.51. The van der Waals surface area contributed by atoms with E-state index < -0.39 is 5.60 Å². The summed E-state index contributed by atoms with van der Waals surface area (Å²) in [7, 11) is 0. The Bertz CT molecular complexity index is 1380. The summed E-state index contributed by atoms with van der Waals surface area (Å²) in [4.78, 5) is 31.9. The van der Waals surface area contributed by atoms with Gasteiger partial charge in [0.2, 0.25) is 5.91 Å². The van der Waals surface area contributed by atoms with Gasteiger partial charge in [-0.1, -0.05) is 60.7 Å². The lowest BCUT2D eigenvalue weighted by molar-refractivity contribution is -0.133. The molecular formula is C30H32N4O3. The van der Waals surface area contributed by atoms with E-state index in [9.17, 15) is 14.7 Å². The number of likely N-dealkylation sites (tertiary alicyclic amines) is 1. The second kappa shape index (κ2) is 10.2. The zero-order valence-electron chi connectivity index (χ0n) is 21.2. The van der Waals surface area contributed by atoms with Crippen LogP contribution >= 0.6 is 0 Å². The molecule has 37 heavy (non-hydrogen) atoms. The largest absolute Gasteiger partial charge is 0.373 e. The smallest absolute Gasteiger partial charge is 0.251 e. The maximum atomic E-state index is 13.2. The van der Waals surface area contributed by atoms with E-state index in [-0.39, 0.29) is 17.9 Å². The fraction of sp³-hybridized carbons (Fsp3) is 0.300. The Labute approximate surface area is 216 Å². The second-order valence-electron chi connectivity index (χ2n) is 9.47. The monoisotopic (exact) mass is 496 g/mol. The Balaban J connectivity index is 1.54. The molecule has 190 valence electrons. The molecule has 2 heterocycles. The van der Waals surface area contributed by atoms with Crippen molar-refractivity contribution < 1.29 is 14.7 Å². The number of hydrogen-bond donors (Lipinski definition) is 2. The molecule has 1 aliphatic rings. The highest BCUT2D eigenvalue weighted by molar-refractivity contribution is 5.97. The number of hydrogen-bond acceptors (Lipinski definition) is 4. The van der Waals surface area contributed by atoms with E-state index >= 15 is 0 Å². The minimum Gasteiger partial charge on any atom is -0.373 e. The van der Waals surface area contributed by atoms with Crippen molar-refractivity contribution in [2.24, 2.45) is 0 Å². The van der Waals surface area contributed by atoms with Crippen LogP contribution in [-0.2, 0) is 16.9 Å². The Kier molecular flexibility index (Phi) is 6.80. The van der Waals surface area contributed by atoms with Crippen LogP contribution in [0.5, 0.6) is 0 Å². The predicted molar refractivity (Wildman–Crippen MR) is 143 cm³/mol. The van der Waals surface area contributed by atoms with E-state index in [0.29, 0.717) is 49.4 Å². The fourth-order valence-corrected chi connectivity index (χ4v) is 5.25. The van der Waals surface area contributed by atoms with Gasteiger partial charge in [-0.25, -0.2) is 4.98 Å². The number of aryl methyl sites for hydroxylation is 1. The number of nitrogens with zero attached hydrogens (tertiary/aromatic N) is 3. The number of piperidine rings is 1. The van der Waals surface area contributed by atoms with E-state index in [1.807, 2.05) is 91.2 Å². The average molecular weight is 497 g/mol. The van der Waals surface area contributed by atoms with Crippen LogP contribution < -0.4 is 5.32 Å². The summed E-state index contributed by atoms with van der Waals surface area (Å²) >= 11 is 0. The molecule has 7 nitrogen and oxygen atoms in total. The summed E-state index contributed by atoms with van der Waals surface area (Å²) in [5.41, 5.74) is 1.98. The summed E-state index contributed by atoms with van der Waals surface area (Å²) in [5.74, 6) is 0.464. The Morgan fingerprint density at radius 2 is 1.65 bits per heavy atom. The second-order valence-corrected chi connectivity index (χ2v) is 9.47. The molecule has 1 unspecified atom stereocenters. The first-order valence-corrected chi connectivity index (χ1v) is 12.9. The minimum absolute atomic E-state index is 0.0752. The molecule has 1 aliphatic heterocycles. The van der Waals surface area contributed by atoms with Gasteiger partial charge in [-0.2, -0.15) is 0 Å². The number of aromatic nitrogens is 2. The number of carbonyl (C=O) groups is 2. The summed E-state index contributed by atoms with van der Waals surface area (Å²) in [6.45, 7) is 5.69. The van der Waals surface area contributed by atoms with Crippen molar-refractivity contribution in [3.05, 3.63) is 101 Å². The summed E-state index contributed by atoms with van der Waals surface area (Å²) in [5, 5.41) is 15.4. The minimum atomic E-state index is -1.47. The van der Waals surface area contributed by atoms with Gasteiger partial charge >= 0.3 is 0 Å². The van der Waals surface area contributed by atoms with Crippen LogP contribution in [0.3, 0.4) is 0 Å². The molecule has 1 saturated heterocycles. The van der Waals surface area contributed by atoms with Gasteiger partial charge in [-0.05, 0) is 49.6 Å². The number of aliphatic hydroxyl groups is 1. The number of benzene rings is 3. The van der Waals surface area contributed by atoms with Gasteiger partial charge in [-0.3, -0.25) is 9.59 Å². The van der Waals surface area contributed by atoms with Gasteiger partial charge in [0.15, 0.2) is 11.4 Å². The van der Waals surface area contributed by atoms with Gasteiger partial charge in [0.25, 0.3) is 5.91 Å². The number of carbonyl (C=O) groups excluding carboxylic acids is 2. The maximum Gasteiger partial charge on any atom is 0.251 e. The molecular weight excluding hydrogens is 464 g/mol. The van der Waals surface area contributed by atoms with Crippen LogP contribution in [0.2, 0.25) is 0 Å². The van der Waals surface area contributed by atoms with Crippen molar-refractivity contribution in [2.45, 2.75) is 44.9 Å². The predicted octanol–water partition coefficient (Wildman–Crippen LogP) is 4.08. The molecule has 2 N–H and O–H groups in total. The molecule has 3 aromatic carbocycles. The fourth-order valence-electron chi connectivity index (χ4n) is 5.25. The van der Waals surface area contributed by atoms with Crippen molar-refractivity contribution in [1.82, 2.24) is 19.8 Å². The first kappa shape index (κ1) is 24.7. The summed E-state index contributed by atoms with van der Waals surface area (Å²) < 4.78 is 1.98. The summed E-state index contributed by atoms with van der Waals surface area (Å²) in [6, 6.07) is 24.4. The zero-order chi connectivity index (χ0) is 26.0. The summed E-state index contributed by atoms with van der Waals surface area (Å²) in [6.07, 6.45) is 1.09. The molecule has 1 fully saturated rings. The lowest BCUT2D eigenvalue weighted by atomic mass is 9.85. The van der Waals surface area contributed by atoms with Crippen LogP contribution in [0.1, 0.15) is 54.0 Å². The number of imidazole rings is 1. The van der Waals surface area contributed by atoms with Gasteiger partial charge < -0.3 is 19.9 Å². The van der Waals surface area contributed by atoms with Gasteiger partial charge in [-0.15, -0.1) is 0 Å². The van der Waals surface area contributed by atoms with E-state index in [2.05, 4.69) is 5.32 Å². The van der Waals surface area contributed by atoms with Crippen molar-refractivity contribution in [3.8, 4) is 0 Å². The van der Waals surface area contributed by atoms with E-state index in [0.717, 1.165) is 16.6 Å². The highest BCUT2D eigenvalue weighted by atomic mass is 16.3. The van der Waals surface area contributed by atoms with Crippen LogP contribution in [0.4, 0.5) is 0 Å². The van der Waals surface area contributed by atoms with Crippen molar-refractivity contribution in [1.29, 1.82) is 0 Å². The average Bonchev–Trinajstić information content (AvgIpc) is 3.33. The van der Waals surface area contributed by atoms with Crippen LogP contribution in [-0.4, -0.2) is 50.5 Å². The van der Waals surface area contributed by atoms with Crippen molar-refractivity contribution in [2.75, 3.05) is 13.1 Å². The molecule has 0 spiro atoms. The molecule has 0 radical (unpaired) electrons. The molecule has 1 aromatic heterocycles. The van der Waals surface area contributed by atoms with Gasteiger partial charge in [0, 0.05) is 37.7 Å². The number of rotatable bonds is 7. The Morgan fingerprint density at radius 3 is 2.24 bits per heavy atom. The Morgan fingerprint density at radius 1 is 1.00 bits per heavy atom. The third-order valence-corrected chi connectivity index (χ3v) is 7.25. The highest BCUT2D eigenvalue weighted by Crippen LogP contribution is 2.37. The number of fused-ring (bicyclic) bond motifs is 1. The maximum absolute atomic E-state index is 13.2. The molecule has 1 atom stereocenters. The van der Waals surface area contributed by atoms with E-state index in [4.69, 9.17) is 4.98 Å². The topological polar surface area (TPSA) is 87.5 Å². The quantitative estimate of drug-likeness (QED) is 0.404. The standard InChI is InChI=1S/C30H32N4O3/c1-3-33-20-24(16-18-27(33)35)31-28(36)21-15-17-25-26(19-21)34(4-2)29(32-25)30(37,22-11-7-5-8-12-22)23-13-9-6-10-14-23/h5-15,17,19,24,37H,3-4,16,18,20H2,1-2H3,(H,31,36). The van der Waals surface area contributed by atoms with Crippen LogP contribution in [0.25, 0.3) is 11.0 Å². The molecule has 5 rings (SSSR count). The first-order valence-electron chi connectivity index (χ1n) is 12.9. The van der Waals surface area contributed by atoms with Gasteiger partial charge in [0.1, 0.15) is 0 Å². The van der Waals surface area contributed by atoms with E-state index in [1.165, 1.54) is 0 Å².